The van der Waals surface area contributed by atoms with Gasteiger partial charge in [-0.1, -0.05) is 12.1 Å². The number of aromatic nitrogens is 4. The van der Waals surface area contributed by atoms with E-state index in [0.717, 1.165) is 58.6 Å². The molecule has 6 rings (SSSR count). The molecule has 4 aromatic rings. The minimum Gasteiger partial charge on any atom is -0.508 e. The van der Waals surface area contributed by atoms with Crippen molar-refractivity contribution < 1.29 is 14.6 Å². The number of aryl methyl sites for hydroxylation is 1. The van der Waals surface area contributed by atoms with Crippen molar-refractivity contribution in [2.45, 2.75) is 25.0 Å². The number of aromatic hydroxyl groups is 1. The van der Waals surface area contributed by atoms with Crippen LogP contribution in [0.2, 0.25) is 0 Å². The first kappa shape index (κ1) is 17.6. The molecule has 3 aromatic heterocycles. The number of hydrogen-bond donors (Lipinski definition) is 1. The van der Waals surface area contributed by atoms with Crippen LogP contribution >= 0.6 is 0 Å². The number of fused-ring (bicyclic) bond motifs is 4. The Bertz CT molecular complexity index is 1250. The predicted molar refractivity (Wildman–Crippen MR) is 110 cm³/mol. The first-order valence-electron chi connectivity index (χ1n) is 10.1. The molecule has 0 saturated carbocycles. The largest absolute Gasteiger partial charge is 0.508 e. The fourth-order valence-corrected chi connectivity index (χ4v) is 4.61. The zero-order valence-corrected chi connectivity index (χ0v) is 16.3. The van der Waals surface area contributed by atoms with E-state index in [1.807, 2.05) is 35.0 Å². The Morgan fingerprint density at radius 1 is 1.03 bits per heavy atom. The zero-order chi connectivity index (χ0) is 20.1. The van der Waals surface area contributed by atoms with Crippen LogP contribution in [0, 0.1) is 0 Å². The molecular weight excluding hydrogens is 380 g/mol. The lowest BCUT2D eigenvalue weighted by molar-refractivity contribution is -0.176. The number of phenolic OH excluding ortho intramolecular Hbond substituents is 1. The smallest absolute Gasteiger partial charge is 0.198 e. The highest BCUT2D eigenvalue weighted by molar-refractivity contribution is 5.90. The van der Waals surface area contributed by atoms with E-state index in [0.29, 0.717) is 13.2 Å². The van der Waals surface area contributed by atoms with Gasteiger partial charge in [0.1, 0.15) is 11.4 Å². The van der Waals surface area contributed by atoms with Crippen molar-refractivity contribution in [1.82, 2.24) is 19.6 Å². The van der Waals surface area contributed by atoms with Gasteiger partial charge in [-0.25, -0.2) is 9.50 Å². The van der Waals surface area contributed by atoms with Gasteiger partial charge < -0.3 is 14.6 Å². The van der Waals surface area contributed by atoms with Crippen LogP contribution in [0.4, 0.5) is 0 Å². The van der Waals surface area contributed by atoms with E-state index in [1.54, 1.807) is 24.5 Å². The van der Waals surface area contributed by atoms with Crippen LogP contribution in [-0.2, 0) is 21.7 Å². The molecule has 1 aliphatic heterocycles. The maximum Gasteiger partial charge on any atom is 0.198 e. The molecular formula is C23H20N4O3. The summed E-state index contributed by atoms with van der Waals surface area (Å²) in [7, 11) is 0. The highest BCUT2D eigenvalue weighted by Gasteiger charge is 2.43. The summed E-state index contributed by atoms with van der Waals surface area (Å²) in [5.41, 5.74) is 6.27. The van der Waals surface area contributed by atoms with E-state index < -0.39 is 5.79 Å². The number of pyridine rings is 1. The molecule has 30 heavy (non-hydrogen) atoms. The summed E-state index contributed by atoms with van der Waals surface area (Å²) in [6.45, 7) is 1.18. The maximum absolute atomic E-state index is 10.1. The summed E-state index contributed by atoms with van der Waals surface area (Å²) in [4.78, 5) is 8.95. The number of rotatable bonds is 2. The third-order valence-electron chi connectivity index (χ3n) is 5.92. The normalized spacial score (nSPS) is 17.5. The van der Waals surface area contributed by atoms with Crippen LogP contribution in [0.25, 0.3) is 28.0 Å². The van der Waals surface area contributed by atoms with Crippen molar-refractivity contribution >= 4 is 5.65 Å². The fraction of sp³-hybridized carbons (Fsp3) is 0.261. The second-order valence-electron chi connectivity index (χ2n) is 7.67. The zero-order valence-electron chi connectivity index (χ0n) is 16.3. The highest BCUT2D eigenvalue weighted by Crippen LogP contribution is 2.43. The number of nitrogens with zero attached hydrogens (tertiary/aromatic N) is 4. The summed E-state index contributed by atoms with van der Waals surface area (Å²) in [6, 6.07) is 11.1. The molecule has 0 radical (unpaired) electrons. The molecule has 4 heterocycles. The second-order valence-corrected chi connectivity index (χ2v) is 7.67. The molecule has 0 bridgehead atoms. The molecule has 1 N–H and O–H groups in total. The number of ether oxygens (including phenoxy) is 2. The summed E-state index contributed by atoms with van der Waals surface area (Å²) in [6.07, 6.45) is 8.04. The predicted octanol–water partition coefficient (Wildman–Crippen LogP) is 3.70. The van der Waals surface area contributed by atoms with Gasteiger partial charge in [-0.05, 0) is 42.7 Å². The maximum atomic E-state index is 10.1. The van der Waals surface area contributed by atoms with Crippen molar-refractivity contribution in [3.8, 4) is 28.1 Å². The lowest BCUT2D eigenvalue weighted by Crippen LogP contribution is -2.33. The molecule has 1 aliphatic carbocycles. The van der Waals surface area contributed by atoms with Gasteiger partial charge in [0, 0.05) is 30.6 Å². The molecule has 7 nitrogen and oxygen atoms in total. The minimum absolute atomic E-state index is 0.206. The molecule has 1 fully saturated rings. The van der Waals surface area contributed by atoms with E-state index in [9.17, 15) is 5.11 Å². The average molecular weight is 400 g/mol. The lowest BCUT2D eigenvalue weighted by atomic mass is 9.91. The van der Waals surface area contributed by atoms with E-state index in [1.165, 1.54) is 0 Å². The fourth-order valence-electron chi connectivity index (χ4n) is 4.61. The van der Waals surface area contributed by atoms with E-state index >= 15 is 0 Å². The van der Waals surface area contributed by atoms with E-state index in [-0.39, 0.29) is 5.75 Å². The van der Waals surface area contributed by atoms with E-state index in [2.05, 4.69) is 4.98 Å². The van der Waals surface area contributed by atoms with Crippen LogP contribution in [0.5, 0.6) is 5.75 Å². The van der Waals surface area contributed by atoms with Crippen LogP contribution in [0.3, 0.4) is 0 Å². The van der Waals surface area contributed by atoms with Gasteiger partial charge in [0.2, 0.25) is 0 Å². The lowest BCUT2D eigenvalue weighted by Gasteiger charge is -2.33. The molecule has 150 valence electrons. The summed E-state index contributed by atoms with van der Waals surface area (Å²) in [5, 5.41) is 15.1. The SMILES string of the molecule is Oc1cccc(-c2c(-c3ccncc3)nn3c4c(cnc23)C2(CCC4)OCCO2)c1. The second kappa shape index (κ2) is 6.62. The van der Waals surface area contributed by atoms with Gasteiger partial charge in [-0.3, -0.25) is 4.98 Å². The van der Waals surface area contributed by atoms with Gasteiger partial charge in [-0.2, -0.15) is 5.10 Å². The standard InChI is InChI=1S/C23H20N4O3/c28-17-4-1-3-16(13-17)20-21(15-6-9-24-10-7-15)26-27-19-5-2-8-23(29-11-12-30-23)18(19)14-25-22(20)27/h1,3-4,6-7,9-10,13-14,28H,2,5,8,11-12H2. The van der Waals surface area contributed by atoms with Crippen LogP contribution in [0.1, 0.15) is 24.1 Å². The van der Waals surface area contributed by atoms with Crippen molar-refractivity contribution in [2.24, 2.45) is 0 Å². The monoisotopic (exact) mass is 400 g/mol. The van der Waals surface area contributed by atoms with Crippen molar-refractivity contribution in [3.05, 3.63) is 66.2 Å². The third-order valence-corrected chi connectivity index (χ3v) is 5.92. The van der Waals surface area contributed by atoms with Crippen LogP contribution in [-0.4, -0.2) is 37.9 Å². The van der Waals surface area contributed by atoms with Crippen LogP contribution in [0.15, 0.2) is 55.0 Å². The Balaban J connectivity index is 1.66. The van der Waals surface area contributed by atoms with Gasteiger partial charge in [0.15, 0.2) is 11.4 Å². The minimum atomic E-state index is -0.706. The molecule has 0 unspecified atom stereocenters. The summed E-state index contributed by atoms with van der Waals surface area (Å²) >= 11 is 0. The van der Waals surface area contributed by atoms with Gasteiger partial charge >= 0.3 is 0 Å². The Morgan fingerprint density at radius 3 is 2.67 bits per heavy atom. The molecule has 1 aromatic carbocycles. The van der Waals surface area contributed by atoms with Gasteiger partial charge in [0.25, 0.3) is 0 Å². The number of phenols is 1. The molecule has 1 spiro atoms. The van der Waals surface area contributed by atoms with Crippen molar-refractivity contribution in [2.75, 3.05) is 13.2 Å². The Morgan fingerprint density at radius 2 is 1.87 bits per heavy atom. The molecule has 1 saturated heterocycles. The Hall–Kier alpha value is -3.29. The first-order chi connectivity index (χ1) is 14.8. The third kappa shape index (κ3) is 2.56. The average Bonchev–Trinajstić information content (AvgIpc) is 3.40. The van der Waals surface area contributed by atoms with Crippen molar-refractivity contribution in [1.29, 1.82) is 0 Å². The Labute approximate surface area is 172 Å². The highest BCUT2D eigenvalue weighted by atomic mass is 16.7. The number of benzene rings is 1. The summed E-state index contributed by atoms with van der Waals surface area (Å²) < 4.78 is 14.0. The summed E-state index contributed by atoms with van der Waals surface area (Å²) in [5.74, 6) is -0.500. The molecule has 7 heteroatoms. The topological polar surface area (TPSA) is 81.8 Å². The van der Waals surface area contributed by atoms with Crippen molar-refractivity contribution in [3.63, 3.8) is 0 Å². The number of hydrogen-bond acceptors (Lipinski definition) is 6. The molecule has 0 atom stereocenters. The van der Waals surface area contributed by atoms with Crippen LogP contribution < -0.4 is 0 Å². The van der Waals surface area contributed by atoms with Gasteiger partial charge in [0.05, 0.1) is 30.0 Å². The molecule has 0 amide bonds. The van der Waals surface area contributed by atoms with Gasteiger partial charge in [-0.15, -0.1) is 0 Å². The quantitative estimate of drug-likeness (QED) is 0.553. The van der Waals surface area contributed by atoms with E-state index in [4.69, 9.17) is 19.6 Å². The molecule has 2 aliphatic rings. The Kier molecular flexibility index (Phi) is 3.87. The first-order valence-corrected chi connectivity index (χ1v) is 10.1.